The van der Waals surface area contributed by atoms with Crippen molar-refractivity contribution in [3.8, 4) is 5.82 Å². The number of nitrogens with two attached hydrogens (primary N) is 1. The maximum Gasteiger partial charge on any atom is 0.224 e. The van der Waals surface area contributed by atoms with E-state index in [0.29, 0.717) is 22.0 Å². The Morgan fingerprint density at radius 1 is 1.41 bits per heavy atom. The molecule has 17 heavy (non-hydrogen) atoms. The summed E-state index contributed by atoms with van der Waals surface area (Å²) in [5, 5.41) is 4.81. The van der Waals surface area contributed by atoms with E-state index in [-0.39, 0.29) is 5.95 Å². The van der Waals surface area contributed by atoms with Gasteiger partial charge in [0.05, 0.1) is 23.2 Å². The van der Waals surface area contributed by atoms with Crippen LogP contribution in [0, 0.1) is 6.92 Å². The molecule has 3 aromatic rings. The highest BCUT2D eigenvalue weighted by Gasteiger charge is 2.12. The van der Waals surface area contributed by atoms with Crippen molar-refractivity contribution < 1.29 is 0 Å². The molecule has 86 valence electrons. The van der Waals surface area contributed by atoms with Crippen molar-refractivity contribution in [1.29, 1.82) is 0 Å². The smallest absolute Gasteiger partial charge is 0.224 e. The van der Waals surface area contributed by atoms with E-state index in [0.717, 1.165) is 5.69 Å². The lowest BCUT2D eigenvalue weighted by Crippen LogP contribution is -2.04. The molecular weight excluding hydrogens is 242 g/mol. The number of nitrogen functional groups attached to an aromatic ring is 1. The number of anilines is 1. The molecule has 0 saturated carbocycles. The molecule has 0 aliphatic heterocycles. The van der Waals surface area contributed by atoms with Gasteiger partial charge in [-0.2, -0.15) is 15.1 Å². The molecule has 0 fully saturated rings. The van der Waals surface area contributed by atoms with E-state index < -0.39 is 0 Å². The Bertz CT molecular complexity index is 679. The second kappa shape index (κ2) is 3.42. The number of H-pyrrole nitrogens is 1. The first-order chi connectivity index (χ1) is 8.15. The molecule has 0 aliphatic rings. The third-order valence-corrected chi connectivity index (χ3v) is 2.71. The van der Waals surface area contributed by atoms with Crippen LogP contribution < -0.4 is 5.73 Å². The van der Waals surface area contributed by atoms with Gasteiger partial charge < -0.3 is 10.7 Å². The van der Waals surface area contributed by atoms with Crippen molar-refractivity contribution in [3.63, 3.8) is 0 Å². The lowest BCUT2D eigenvalue weighted by Gasteiger charge is -2.01. The van der Waals surface area contributed by atoms with Crippen LogP contribution in [0.5, 0.6) is 0 Å². The van der Waals surface area contributed by atoms with E-state index in [1.54, 1.807) is 10.9 Å². The van der Waals surface area contributed by atoms with Crippen LogP contribution in [0.3, 0.4) is 0 Å². The summed E-state index contributed by atoms with van der Waals surface area (Å²) in [7, 11) is 0. The van der Waals surface area contributed by atoms with E-state index in [4.69, 9.17) is 17.3 Å². The summed E-state index contributed by atoms with van der Waals surface area (Å²) in [6.07, 6.45) is 3.19. The summed E-state index contributed by atoms with van der Waals surface area (Å²) in [5.41, 5.74) is 7.50. The third kappa shape index (κ3) is 1.51. The number of aromatic amines is 1. The fourth-order valence-electron chi connectivity index (χ4n) is 1.55. The lowest BCUT2D eigenvalue weighted by atomic mass is 10.5. The maximum atomic E-state index is 5.96. The molecule has 8 heteroatoms. The lowest BCUT2D eigenvalue weighted by molar-refractivity contribution is 0.836. The first kappa shape index (κ1) is 10.0. The molecule has 0 radical (unpaired) electrons. The SMILES string of the molecule is Cc1nn(-c2nc(N)nc3nc[nH]c23)cc1Cl. The van der Waals surface area contributed by atoms with Crippen molar-refractivity contribution in [2.45, 2.75) is 6.92 Å². The number of hydrogen-bond acceptors (Lipinski definition) is 5. The largest absolute Gasteiger partial charge is 0.368 e. The van der Waals surface area contributed by atoms with Gasteiger partial charge in [0.1, 0.15) is 5.52 Å². The van der Waals surface area contributed by atoms with Crippen molar-refractivity contribution in [2.75, 3.05) is 5.73 Å². The molecule has 0 atom stereocenters. The number of aryl methyl sites for hydroxylation is 1. The minimum Gasteiger partial charge on any atom is -0.368 e. The molecule has 3 aromatic heterocycles. The van der Waals surface area contributed by atoms with Gasteiger partial charge in [0.15, 0.2) is 11.5 Å². The highest BCUT2D eigenvalue weighted by Crippen LogP contribution is 2.20. The first-order valence-corrected chi connectivity index (χ1v) is 5.21. The highest BCUT2D eigenvalue weighted by atomic mass is 35.5. The Balaban J connectivity index is 2.32. The minimum atomic E-state index is 0.142. The number of nitrogens with zero attached hydrogens (tertiary/aromatic N) is 5. The van der Waals surface area contributed by atoms with Crippen LogP contribution in [-0.2, 0) is 0 Å². The minimum absolute atomic E-state index is 0.142. The molecule has 7 nitrogen and oxygen atoms in total. The molecule has 3 heterocycles. The Labute approximate surface area is 101 Å². The second-order valence-corrected chi connectivity index (χ2v) is 3.92. The van der Waals surface area contributed by atoms with Crippen molar-refractivity contribution in [2.24, 2.45) is 0 Å². The topological polar surface area (TPSA) is 98.3 Å². The van der Waals surface area contributed by atoms with Gasteiger partial charge in [-0.05, 0) is 6.92 Å². The van der Waals surface area contributed by atoms with Crippen molar-refractivity contribution in [3.05, 3.63) is 23.2 Å². The van der Waals surface area contributed by atoms with Gasteiger partial charge in [-0.3, -0.25) is 0 Å². The van der Waals surface area contributed by atoms with E-state index in [2.05, 4.69) is 25.0 Å². The van der Waals surface area contributed by atoms with Crippen LogP contribution in [0.15, 0.2) is 12.5 Å². The summed E-state index contributed by atoms with van der Waals surface area (Å²) in [4.78, 5) is 15.1. The van der Waals surface area contributed by atoms with E-state index in [1.807, 2.05) is 6.92 Å². The average molecular weight is 250 g/mol. The number of nitrogens with one attached hydrogen (secondary N) is 1. The fourth-order valence-corrected chi connectivity index (χ4v) is 1.68. The quantitative estimate of drug-likeness (QED) is 0.672. The summed E-state index contributed by atoms with van der Waals surface area (Å²) < 4.78 is 1.55. The van der Waals surface area contributed by atoms with Crippen molar-refractivity contribution in [1.82, 2.24) is 29.7 Å². The van der Waals surface area contributed by atoms with Crippen LogP contribution in [-0.4, -0.2) is 29.7 Å². The summed E-state index contributed by atoms with van der Waals surface area (Å²) in [6, 6.07) is 0. The molecule has 3 rings (SSSR count). The van der Waals surface area contributed by atoms with Crippen LogP contribution in [0.25, 0.3) is 17.0 Å². The first-order valence-electron chi connectivity index (χ1n) is 4.84. The number of imidazole rings is 1. The van der Waals surface area contributed by atoms with Crippen molar-refractivity contribution >= 4 is 28.7 Å². The van der Waals surface area contributed by atoms with E-state index in [1.165, 1.54) is 6.33 Å². The summed E-state index contributed by atoms with van der Waals surface area (Å²) >= 11 is 5.96. The number of halogens is 1. The predicted molar refractivity (Wildman–Crippen MR) is 63.0 cm³/mol. The number of rotatable bonds is 1. The zero-order valence-corrected chi connectivity index (χ0v) is 9.60. The number of fused-ring (bicyclic) bond motifs is 1. The van der Waals surface area contributed by atoms with Gasteiger partial charge >= 0.3 is 0 Å². The number of aromatic nitrogens is 6. The fraction of sp³-hybridized carbons (Fsp3) is 0.111. The Morgan fingerprint density at radius 3 is 2.94 bits per heavy atom. The van der Waals surface area contributed by atoms with Gasteiger partial charge in [0.25, 0.3) is 0 Å². The zero-order chi connectivity index (χ0) is 12.0. The molecule has 3 N–H and O–H groups in total. The molecule has 0 bridgehead atoms. The summed E-state index contributed by atoms with van der Waals surface area (Å²) in [6.45, 7) is 1.81. The average Bonchev–Trinajstić information content (AvgIpc) is 2.85. The molecular formula is C9H8ClN7. The molecule has 0 aromatic carbocycles. The van der Waals surface area contributed by atoms with Gasteiger partial charge in [0.2, 0.25) is 5.95 Å². The second-order valence-electron chi connectivity index (χ2n) is 3.51. The predicted octanol–water partition coefficient (Wildman–Crippen LogP) is 1.08. The Morgan fingerprint density at radius 2 is 2.24 bits per heavy atom. The molecule has 0 spiro atoms. The summed E-state index contributed by atoms with van der Waals surface area (Å²) in [5.74, 6) is 0.670. The third-order valence-electron chi connectivity index (χ3n) is 2.34. The molecule has 0 saturated heterocycles. The van der Waals surface area contributed by atoms with Crippen LogP contribution >= 0.6 is 11.6 Å². The normalized spacial score (nSPS) is 11.2. The van der Waals surface area contributed by atoms with E-state index in [9.17, 15) is 0 Å². The molecule has 0 amide bonds. The maximum absolute atomic E-state index is 5.96. The van der Waals surface area contributed by atoms with E-state index >= 15 is 0 Å². The van der Waals surface area contributed by atoms with Gasteiger partial charge in [-0.25, -0.2) is 9.67 Å². The monoisotopic (exact) mass is 249 g/mol. The van der Waals surface area contributed by atoms with Crippen LogP contribution in [0.2, 0.25) is 5.02 Å². The van der Waals surface area contributed by atoms with Crippen LogP contribution in [0.1, 0.15) is 5.69 Å². The Hall–Kier alpha value is -2.15. The zero-order valence-electron chi connectivity index (χ0n) is 8.85. The highest BCUT2D eigenvalue weighted by molar-refractivity contribution is 6.31. The molecule has 0 aliphatic carbocycles. The Kier molecular flexibility index (Phi) is 2.02. The number of hydrogen-bond donors (Lipinski definition) is 2. The van der Waals surface area contributed by atoms with Gasteiger partial charge in [0, 0.05) is 0 Å². The molecule has 0 unspecified atom stereocenters. The van der Waals surface area contributed by atoms with Gasteiger partial charge in [-0.1, -0.05) is 11.6 Å². The van der Waals surface area contributed by atoms with Gasteiger partial charge in [-0.15, -0.1) is 0 Å². The van der Waals surface area contributed by atoms with Crippen LogP contribution in [0.4, 0.5) is 5.95 Å². The standard InChI is InChI=1S/C9H8ClN7/c1-4-5(10)2-17(16-4)8-6-7(13-3-12-6)14-9(11)15-8/h2-3H,1H3,(H3,11,12,13,14,15).